The zero-order valence-corrected chi connectivity index (χ0v) is 16.2. The molecule has 1 aliphatic carbocycles. The Labute approximate surface area is 150 Å². The van der Waals surface area contributed by atoms with Crippen LogP contribution in [0.1, 0.15) is 51.7 Å². The normalized spacial score (nSPS) is 27.7. The Kier molecular flexibility index (Phi) is 5.32. The van der Waals surface area contributed by atoms with Gasteiger partial charge in [0.2, 0.25) is 0 Å². The van der Waals surface area contributed by atoms with Crippen LogP contribution in [0.4, 0.5) is 0 Å². The monoisotopic (exact) mass is 348 g/mol. The van der Waals surface area contributed by atoms with Crippen molar-refractivity contribution in [2.75, 3.05) is 13.2 Å². The molecule has 0 aromatic carbocycles. The van der Waals surface area contributed by atoms with Crippen LogP contribution in [0.3, 0.4) is 0 Å². The van der Waals surface area contributed by atoms with Crippen molar-refractivity contribution in [3.05, 3.63) is 11.6 Å². The number of unbranched alkanes of at least 4 members (excludes halogenated alkanes) is 1. The Balaban J connectivity index is 1.68. The third-order valence-electron chi connectivity index (χ3n) is 5.78. The van der Waals surface area contributed by atoms with E-state index in [4.69, 9.17) is 9.73 Å². The van der Waals surface area contributed by atoms with Crippen molar-refractivity contribution in [1.82, 2.24) is 25.4 Å². The zero-order valence-electron chi connectivity index (χ0n) is 16.2. The van der Waals surface area contributed by atoms with Crippen LogP contribution in [0, 0.1) is 18.3 Å². The standard InChI is InChI=1S/C18H32N6O/c1-6-7-9-19-17(20-11-14-23-22-12(2)24(14)5)21-15-13-8-10-25-16(13)18(15,3)4/h13,15-16H,6-11H2,1-5H3,(H2,19,20,21). The minimum atomic E-state index is 0.135. The van der Waals surface area contributed by atoms with Gasteiger partial charge in [-0.2, -0.15) is 0 Å². The Morgan fingerprint density at radius 3 is 2.88 bits per heavy atom. The predicted octanol–water partition coefficient (Wildman–Crippen LogP) is 1.77. The number of nitrogens with zero attached hydrogens (tertiary/aromatic N) is 4. The van der Waals surface area contributed by atoms with E-state index in [9.17, 15) is 0 Å². The lowest BCUT2D eigenvalue weighted by atomic mass is 9.57. The SMILES string of the molecule is CCCCNC(=NCc1nnc(C)n1C)NC1C2CCOC2C1(C)C. The molecule has 1 saturated heterocycles. The number of guanidine groups is 1. The quantitative estimate of drug-likeness (QED) is 0.465. The van der Waals surface area contributed by atoms with E-state index in [-0.39, 0.29) is 5.41 Å². The van der Waals surface area contributed by atoms with E-state index >= 15 is 0 Å². The minimum absolute atomic E-state index is 0.135. The molecular formula is C18H32N6O. The van der Waals surface area contributed by atoms with Gasteiger partial charge in [-0.1, -0.05) is 27.2 Å². The molecule has 2 aliphatic rings. The van der Waals surface area contributed by atoms with Gasteiger partial charge in [-0.3, -0.25) is 0 Å². The molecule has 1 aromatic rings. The molecule has 7 heteroatoms. The number of hydrogen-bond donors (Lipinski definition) is 2. The van der Waals surface area contributed by atoms with Crippen LogP contribution in [0.2, 0.25) is 0 Å². The molecule has 0 spiro atoms. The Morgan fingerprint density at radius 2 is 2.20 bits per heavy atom. The van der Waals surface area contributed by atoms with Crippen molar-refractivity contribution in [3.8, 4) is 0 Å². The molecule has 1 aromatic heterocycles. The van der Waals surface area contributed by atoms with Gasteiger partial charge in [-0.15, -0.1) is 10.2 Å². The summed E-state index contributed by atoms with van der Waals surface area (Å²) >= 11 is 0. The molecule has 7 nitrogen and oxygen atoms in total. The lowest BCUT2D eigenvalue weighted by Gasteiger charge is -2.54. The average Bonchev–Trinajstić information content (AvgIpc) is 3.17. The number of hydrogen-bond acceptors (Lipinski definition) is 4. The third kappa shape index (κ3) is 3.52. The maximum Gasteiger partial charge on any atom is 0.191 e. The molecular weight excluding hydrogens is 316 g/mol. The first-order chi connectivity index (χ1) is 11.9. The maximum atomic E-state index is 5.90. The lowest BCUT2D eigenvalue weighted by molar-refractivity contribution is -0.106. The van der Waals surface area contributed by atoms with Crippen molar-refractivity contribution >= 4 is 5.96 Å². The minimum Gasteiger partial charge on any atom is -0.377 e. The van der Waals surface area contributed by atoms with Crippen LogP contribution >= 0.6 is 0 Å². The maximum absolute atomic E-state index is 5.90. The molecule has 140 valence electrons. The molecule has 25 heavy (non-hydrogen) atoms. The van der Waals surface area contributed by atoms with Crippen LogP contribution in [0.15, 0.2) is 4.99 Å². The molecule has 2 fully saturated rings. The first-order valence-electron chi connectivity index (χ1n) is 9.46. The molecule has 2 heterocycles. The second-order valence-corrected chi connectivity index (χ2v) is 7.85. The van der Waals surface area contributed by atoms with Gasteiger partial charge in [0, 0.05) is 37.6 Å². The number of aliphatic imine (C=N–C) groups is 1. The largest absolute Gasteiger partial charge is 0.377 e. The Hall–Kier alpha value is -1.63. The summed E-state index contributed by atoms with van der Waals surface area (Å²) < 4.78 is 7.89. The van der Waals surface area contributed by atoms with Gasteiger partial charge in [0.15, 0.2) is 11.8 Å². The number of rotatable bonds is 6. The number of nitrogens with one attached hydrogen (secondary N) is 2. The third-order valence-corrected chi connectivity index (χ3v) is 5.78. The zero-order chi connectivity index (χ0) is 18.0. The highest BCUT2D eigenvalue weighted by Gasteiger charge is 2.59. The molecule has 2 N–H and O–H groups in total. The fraction of sp³-hybridized carbons (Fsp3) is 0.833. The van der Waals surface area contributed by atoms with Gasteiger partial charge >= 0.3 is 0 Å². The molecule has 1 saturated carbocycles. The number of ether oxygens (including phenoxy) is 1. The van der Waals surface area contributed by atoms with E-state index in [1.807, 2.05) is 18.5 Å². The van der Waals surface area contributed by atoms with Crippen LogP contribution in [0.25, 0.3) is 0 Å². The Bertz CT molecular complexity index is 623. The molecule has 3 rings (SSSR count). The van der Waals surface area contributed by atoms with E-state index in [0.717, 1.165) is 50.0 Å². The van der Waals surface area contributed by atoms with Gasteiger partial charge < -0.3 is 19.9 Å². The smallest absolute Gasteiger partial charge is 0.191 e. The molecule has 3 unspecified atom stereocenters. The second-order valence-electron chi connectivity index (χ2n) is 7.85. The summed E-state index contributed by atoms with van der Waals surface area (Å²) in [5.41, 5.74) is 0.135. The van der Waals surface area contributed by atoms with Crippen molar-refractivity contribution in [2.45, 2.75) is 65.6 Å². The van der Waals surface area contributed by atoms with Crippen LogP contribution in [-0.4, -0.2) is 46.0 Å². The van der Waals surface area contributed by atoms with Gasteiger partial charge in [0.05, 0.1) is 6.10 Å². The summed E-state index contributed by atoms with van der Waals surface area (Å²) in [5.74, 6) is 3.25. The molecule has 0 radical (unpaired) electrons. The first kappa shape index (κ1) is 18.2. The van der Waals surface area contributed by atoms with Crippen LogP contribution in [0.5, 0.6) is 0 Å². The highest BCUT2D eigenvalue weighted by molar-refractivity contribution is 5.80. The van der Waals surface area contributed by atoms with E-state index < -0.39 is 0 Å². The van der Waals surface area contributed by atoms with Crippen molar-refractivity contribution in [3.63, 3.8) is 0 Å². The summed E-state index contributed by atoms with van der Waals surface area (Å²) in [6.45, 7) is 11.1. The average molecular weight is 348 g/mol. The molecule has 1 aliphatic heterocycles. The summed E-state index contributed by atoms with van der Waals surface area (Å²) in [6.07, 6.45) is 3.81. The second kappa shape index (κ2) is 7.32. The highest BCUT2D eigenvalue weighted by Crippen LogP contribution is 2.52. The van der Waals surface area contributed by atoms with Crippen molar-refractivity contribution < 1.29 is 4.74 Å². The molecule has 0 amide bonds. The summed E-state index contributed by atoms with van der Waals surface area (Å²) in [7, 11) is 1.98. The number of fused-ring (bicyclic) bond motifs is 1. The van der Waals surface area contributed by atoms with Gasteiger partial charge in [-0.05, 0) is 19.8 Å². The first-order valence-corrected chi connectivity index (χ1v) is 9.46. The van der Waals surface area contributed by atoms with Crippen molar-refractivity contribution in [1.29, 1.82) is 0 Å². The fourth-order valence-electron chi connectivity index (χ4n) is 4.04. The topological polar surface area (TPSA) is 76.4 Å². The summed E-state index contributed by atoms with van der Waals surface area (Å²) in [6, 6.07) is 0.397. The van der Waals surface area contributed by atoms with Crippen LogP contribution < -0.4 is 10.6 Å². The van der Waals surface area contributed by atoms with Gasteiger partial charge in [0.25, 0.3) is 0 Å². The van der Waals surface area contributed by atoms with Gasteiger partial charge in [-0.25, -0.2) is 4.99 Å². The highest BCUT2D eigenvalue weighted by atomic mass is 16.5. The Morgan fingerprint density at radius 1 is 1.40 bits per heavy atom. The van der Waals surface area contributed by atoms with Crippen LogP contribution in [-0.2, 0) is 18.3 Å². The lowest BCUT2D eigenvalue weighted by Crippen LogP contribution is -2.68. The number of aromatic nitrogens is 3. The molecule has 0 bridgehead atoms. The van der Waals surface area contributed by atoms with Gasteiger partial charge in [0.1, 0.15) is 12.4 Å². The van der Waals surface area contributed by atoms with E-state index in [1.54, 1.807) is 0 Å². The van der Waals surface area contributed by atoms with E-state index in [0.29, 0.717) is 24.6 Å². The predicted molar refractivity (Wildman–Crippen MR) is 98.3 cm³/mol. The van der Waals surface area contributed by atoms with E-state index in [1.165, 1.54) is 0 Å². The summed E-state index contributed by atoms with van der Waals surface area (Å²) in [4.78, 5) is 4.77. The number of aryl methyl sites for hydroxylation is 1. The fourth-order valence-corrected chi connectivity index (χ4v) is 4.04. The summed E-state index contributed by atoms with van der Waals surface area (Å²) in [5, 5.41) is 15.5. The molecule has 3 atom stereocenters. The van der Waals surface area contributed by atoms with Crippen molar-refractivity contribution in [2.24, 2.45) is 23.4 Å². The van der Waals surface area contributed by atoms with E-state index in [2.05, 4.69) is 41.6 Å².